The summed E-state index contributed by atoms with van der Waals surface area (Å²) in [4.78, 5) is 25.4. The molecule has 0 radical (unpaired) electrons. The standard InChI is InChI=1S/C40H55N3O8/c1-6-22-49-40-36(43(5)39(46)47-7-2)25-34(42-50-8-3)32-23-28(15-9-11-20-44)31(17-10-12-21-45)37(38(32)40)33-24-30(18-19-35(33)51-40)48-26-29-16-13-14-27(4)41-29/h6,13-14,16,18-19,23-24,28,31,36-38,44-45H,1,7-12,15,17,20-22,25-26H2,2-5H3/t28-,31+,36-,37+,38+,40+/m0/s1. The van der Waals surface area contributed by atoms with E-state index in [0.29, 0.717) is 44.0 Å². The summed E-state index contributed by atoms with van der Waals surface area (Å²) < 4.78 is 25.8. The minimum atomic E-state index is -1.32. The summed E-state index contributed by atoms with van der Waals surface area (Å²) in [5.41, 5.74) is 4.49. The van der Waals surface area contributed by atoms with Crippen molar-refractivity contribution in [1.82, 2.24) is 9.88 Å². The molecule has 2 aliphatic carbocycles. The monoisotopic (exact) mass is 705 g/mol. The van der Waals surface area contributed by atoms with Crippen LogP contribution in [0.25, 0.3) is 0 Å². The molecule has 278 valence electrons. The van der Waals surface area contributed by atoms with E-state index in [1.807, 2.05) is 44.2 Å². The molecule has 0 spiro atoms. The second kappa shape index (κ2) is 18.0. The van der Waals surface area contributed by atoms with Gasteiger partial charge in [-0.05, 0) is 94.2 Å². The van der Waals surface area contributed by atoms with Crippen LogP contribution in [0, 0.1) is 24.7 Å². The number of rotatable bonds is 18. The molecular weight excluding hydrogens is 650 g/mol. The number of likely N-dealkylation sites (N-methyl/N-ethyl adjacent to an activating group) is 1. The molecule has 0 unspecified atom stereocenters. The molecule has 1 aromatic heterocycles. The number of pyridine rings is 1. The van der Waals surface area contributed by atoms with Crippen molar-refractivity contribution in [3.8, 4) is 11.5 Å². The summed E-state index contributed by atoms with van der Waals surface area (Å²) in [6.07, 6.45) is 8.67. The van der Waals surface area contributed by atoms with Gasteiger partial charge in [0.05, 0.1) is 30.5 Å². The Bertz CT molecular complexity index is 1550. The molecule has 1 amide bonds. The largest absolute Gasteiger partial charge is 0.487 e. The third kappa shape index (κ3) is 8.42. The quantitative estimate of drug-likeness (QED) is 0.0987. The van der Waals surface area contributed by atoms with Gasteiger partial charge < -0.3 is 38.9 Å². The van der Waals surface area contributed by atoms with E-state index < -0.39 is 17.9 Å². The van der Waals surface area contributed by atoms with Crippen LogP contribution >= 0.6 is 0 Å². The highest BCUT2D eigenvalue weighted by molar-refractivity contribution is 6.02. The van der Waals surface area contributed by atoms with Gasteiger partial charge in [0.2, 0.25) is 5.79 Å². The van der Waals surface area contributed by atoms with Crippen molar-refractivity contribution in [2.75, 3.05) is 40.1 Å². The van der Waals surface area contributed by atoms with Gasteiger partial charge in [0.1, 0.15) is 30.8 Å². The average molecular weight is 706 g/mol. The number of carbonyl (C=O) groups excluding carboxylic acids is 1. The number of unbranched alkanes of at least 4 members (excludes halogenated alkanes) is 2. The van der Waals surface area contributed by atoms with Crippen molar-refractivity contribution in [1.29, 1.82) is 0 Å². The number of carbonyl (C=O) groups is 1. The maximum Gasteiger partial charge on any atom is 0.409 e. The minimum Gasteiger partial charge on any atom is -0.487 e. The fourth-order valence-electron chi connectivity index (χ4n) is 8.15. The van der Waals surface area contributed by atoms with E-state index in [1.54, 1.807) is 24.9 Å². The molecular formula is C40H55N3O8. The Balaban J connectivity index is 1.71. The predicted molar refractivity (Wildman–Crippen MR) is 195 cm³/mol. The van der Waals surface area contributed by atoms with E-state index in [9.17, 15) is 15.0 Å². The molecule has 1 aliphatic heterocycles. The van der Waals surface area contributed by atoms with Crippen LogP contribution in [0.2, 0.25) is 0 Å². The first-order valence-electron chi connectivity index (χ1n) is 18.5. The number of ether oxygens (including phenoxy) is 4. The lowest BCUT2D eigenvalue weighted by Crippen LogP contribution is -2.69. The van der Waals surface area contributed by atoms with Crippen LogP contribution in [-0.4, -0.2) is 83.8 Å². The number of aryl methyl sites for hydroxylation is 1. The molecule has 3 aliphatic rings. The molecule has 1 aromatic carbocycles. The molecule has 2 aromatic rings. The molecule has 6 atom stereocenters. The van der Waals surface area contributed by atoms with Crippen molar-refractivity contribution >= 4 is 11.8 Å². The third-order valence-corrected chi connectivity index (χ3v) is 10.3. The van der Waals surface area contributed by atoms with Crippen LogP contribution in [0.4, 0.5) is 4.79 Å². The number of amides is 1. The maximum absolute atomic E-state index is 13.5. The number of hydrogen-bond acceptors (Lipinski definition) is 10. The van der Waals surface area contributed by atoms with E-state index in [2.05, 4.69) is 28.9 Å². The second-order valence-corrected chi connectivity index (χ2v) is 13.6. The van der Waals surface area contributed by atoms with E-state index in [0.717, 1.165) is 53.9 Å². The van der Waals surface area contributed by atoms with Gasteiger partial charge in [-0.15, -0.1) is 6.58 Å². The van der Waals surface area contributed by atoms with Crippen molar-refractivity contribution in [2.45, 2.75) is 90.1 Å². The Kier molecular flexibility index (Phi) is 13.5. The van der Waals surface area contributed by atoms with E-state index in [4.69, 9.17) is 23.8 Å². The molecule has 0 bridgehead atoms. The Hall–Kier alpha value is -3.93. The van der Waals surface area contributed by atoms with E-state index in [-0.39, 0.29) is 50.1 Å². The minimum absolute atomic E-state index is 0.117. The number of benzene rings is 1. The van der Waals surface area contributed by atoms with E-state index in [1.165, 1.54) is 0 Å². The topological polar surface area (TPSA) is 132 Å². The highest BCUT2D eigenvalue weighted by atomic mass is 16.7. The summed E-state index contributed by atoms with van der Waals surface area (Å²) in [5.74, 6) is -0.223. The van der Waals surface area contributed by atoms with Gasteiger partial charge in [-0.3, -0.25) is 4.98 Å². The van der Waals surface area contributed by atoms with Gasteiger partial charge in [-0.25, -0.2) is 4.79 Å². The third-order valence-electron chi connectivity index (χ3n) is 10.3. The molecule has 1 saturated carbocycles. The van der Waals surface area contributed by atoms with Gasteiger partial charge in [0.15, 0.2) is 0 Å². The SMILES string of the molecule is C=CCO[C@@]12Oc3ccc(OCc4cccc(C)n4)cc3[C@H]3[C@H](CCCCO)[C@@H](CCCCO)C=C(C(=NOCC)C[C@@H]1N(C)C(=O)OCC)[C@H]32. The molecule has 0 saturated heterocycles. The number of oxime groups is 1. The van der Waals surface area contributed by atoms with Crippen LogP contribution in [0.15, 0.2) is 65.9 Å². The zero-order valence-corrected chi connectivity index (χ0v) is 30.6. The molecule has 11 nitrogen and oxygen atoms in total. The summed E-state index contributed by atoms with van der Waals surface area (Å²) >= 11 is 0. The van der Waals surface area contributed by atoms with Crippen molar-refractivity contribution < 1.29 is 38.8 Å². The van der Waals surface area contributed by atoms with Gasteiger partial charge in [-0.1, -0.05) is 36.2 Å². The molecule has 5 rings (SSSR count). The Morgan fingerprint density at radius 3 is 2.61 bits per heavy atom. The van der Waals surface area contributed by atoms with Gasteiger partial charge >= 0.3 is 6.09 Å². The second-order valence-electron chi connectivity index (χ2n) is 13.6. The highest BCUT2D eigenvalue weighted by Gasteiger charge is 2.65. The van der Waals surface area contributed by atoms with Crippen LogP contribution < -0.4 is 9.47 Å². The van der Waals surface area contributed by atoms with Crippen molar-refractivity contribution in [2.24, 2.45) is 22.9 Å². The Labute approximate surface area is 302 Å². The molecule has 2 N–H and O–H groups in total. The molecule has 11 heteroatoms. The van der Waals surface area contributed by atoms with Crippen LogP contribution in [0.5, 0.6) is 11.5 Å². The summed E-state index contributed by atoms with van der Waals surface area (Å²) in [5, 5.41) is 24.2. The lowest BCUT2D eigenvalue weighted by atomic mass is 9.55. The first kappa shape index (κ1) is 38.3. The van der Waals surface area contributed by atoms with Crippen LogP contribution in [0.1, 0.15) is 81.7 Å². The number of nitrogens with zero attached hydrogens (tertiary/aromatic N) is 3. The smallest absolute Gasteiger partial charge is 0.409 e. The number of aliphatic hydroxyl groups excluding tert-OH is 2. The van der Waals surface area contributed by atoms with Crippen LogP contribution in [0.3, 0.4) is 0 Å². The number of hydrogen-bond donors (Lipinski definition) is 2. The normalized spacial score (nSPS) is 25.6. The van der Waals surface area contributed by atoms with Crippen LogP contribution in [-0.2, 0) is 20.9 Å². The lowest BCUT2D eigenvalue weighted by molar-refractivity contribution is -0.253. The zero-order chi connectivity index (χ0) is 36.4. The lowest BCUT2D eigenvalue weighted by Gasteiger charge is -2.59. The van der Waals surface area contributed by atoms with Gasteiger partial charge in [0.25, 0.3) is 0 Å². The summed E-state index contributed by atoms with van der Waals surface area (Å²) in [6.45, 7) is 11.0. The fourth-order valence-corrected chi connectivity index (χ4v) is 8.15. The van der Waals surface area contributed by atoms with Crippen molar-refractivity contribution in [3.05, 3.63) is 77.7 Å². The zero-order valence-electron chi connectivity index (χ0n) is 30.6. The van der Waals surface area contributed by atoms with E-state index >= 15 is 0 Å². The first-order chi connectivity index (χ1) is 24.8. The fraction of sp³-hybridized carbons (Fsp3) is 0.575. The summed E-state index contributed by atoms with van der Waals surface area (Å²) in [7, 11) is 1.72. The molecule has 2 heterocycles. The number of allylic oxidation sites excluding steroid dienone is 1. The number of fused-ring (bicyclic) bond motifs is 2. The maximum atomic E-state index is 13.5. The highest BCUT2D eigenvalue weighted by Crippen LogP contribution is 2.61. The van der Waals surface area contributed by atoms with Crippen molar-refractivity contribution in [3.63, 3.8) is 0 Å². The summed E-state index contributed by atoms with van der Waals surface area (Å²) in [6, 6.07) is 11.2. The number of aliphatic hydroxyl groups is 2. The Morgan fingerprint density at radius 1 is 1.12 bits per heavy atom. The average Bonchev–Trinajstić information content (AvgIpc) is 3.13. The predicted octanol–water partition coefficient (Wildman–Crippen LogP) is 6.71. The number of aromatic nitrogens is 1. The first-order valence-corrected chi connectivity index (χ1v) is 18.5. The molecule has 51 heavy (non-hydrogen) atoms. The Morgan fingerprint density at radius 2 is 1.90 bits per heavy atom. The van der Waals surface area contributed by atoms with Gasteiger partial charge in [0, 0.05) is 43.9 Å². The van der Waals surface area contributed by atoms with Gasteiger partial charge in [-0.2, -0.15) is 0 Å². The molecule has 1 fully saturated rings.